The summed E-state index contributed by atoms with van der Waals surface area (Å²) in [7, 11) is 0. The number of hydrogen-bond acceptors (Lipinski definition) is 3. The lowest BCUT2D eigenvalue weighted by Crippen LogP contribution is -2.53. The van der Waals surface area contributed by atoms with E-state index in [1.54, 1.807) is 0 Å². The summed E-state index contributed by atoms with van der Waals surface area (Å²) >= 11 is 0. The molecule has 1 aliphatic heterocycles. The van der Waals surface area contributed by atoms with Crippen LogP contribution in [0.1, 0.15) is 0 Å². The maximum Gasteiger partial charge on any atom is 0.0367 e. The number of para-hydroxylation sites is 1. The summed E-state index contributed by atoms with van der Waals surface area (Å²) in [6.45, 7) is 3.82. The van der Waals surface area contributed by atoms with Crippen molar-refractivity contribution in [1.29, 1.82) is 0 Å². The van der Waals surface area contributed by atoms with Gasteiger partial charge >= 0.3 is 0 Å². The van der Waals surface area contributed by atoms with E-state index in [2.05, 4.69) is 34.5 Å². The van der Waals surface area contributed by atoms with Crippen molar-refractivity contribution in [2.75, 3.05) is 31.1 Å². The van der Waals surface area contributed by atoms with Crippen molar-refractivity contribution in [3.8, 4) is 0 Å². The first-order valence-electron chi connectivity index (χ1n) is 5.13. The van der Waals surface area contributed by atoms with Gasteiger partial charge in [-0.3, -0.25) is 0 Å². The minimum Gasteiger partial charge on any atom is -0.369 e. The number of nitrogens with zero attached hydrogens (tertiary/aromatic N) is 1. The second-order valence-electron chi connectivity index (χ2n) is 3.67. The van der Waals surface area contributed by atoms with Crippen molar-refractivity contribution in [2.45, 2.75) is 6.04 Å². The zero-order valence-corrected chi connectivity index (χ0v) is 8.32. The van der Waals surface area contributed by atoms with Crippen molar-refractivity contribution in [1.82, 2.24) is 5.32 Å². The third kappa shape index (κ3) is 2.05. The largest absolute Gasteiger partial charge is 0.369 e. The van der Waals surface area contributed by atoms with Gasteiger partial charge in [0.15, 0.2) is 0 Å². The van der Waals surface area contributed by atoms with E-state index in [1.165, 1.54) is 5.69 Å². The van der Waals surface area contributed by atoms with Gasteiger partial charge in [-0.25, -0.2) is 0 Å². The summed E-state index contributed by atoms with van der Waals surface area (Å²) in [5.74, 6) is 0. The molecule has 1 aromatic carbocycles. The molecule has 3 N–H and O–H groups in total. The fraction of sp³-hybridized carbons (Fsp3) is 0.455. The molecule has 0 radical (unpaired) electrons. The number of benzene rings is 1. The zero-order chi connectivity index (χ0) is 9.80. The second kappa shape index (κ2) is 4.44. The van der Waals surface area contributed by atoms with Gasteiger partial charge in [-0.2, -0.15) is 0 Å². The highest BCUT2D eigenvalue weighted by Gasteiger charge is 2.17. The minimum absolute atomic E-state index is 0.434. The van der Waals surface area contributed by atoms with Crippen LogP contribution in [0.25, 0.3) is 0 Å². The Bertz CT molecular complexity index is 273. The molecule has 0 amide bonds. The molecule has 1 heterocycles. The highest BCUT2D eigenvalue weighted by atomic mass is 15.2. The fourth-order valence-electron chi connectivity index (χ4n) is 1.86. The summed E-state index contributed by atoms with van der Waals surface area (Å²) in [6.07, 6.45) is 0. The van der Waals surface area contributed by atoms with Crippen LogP contribution in [-0.4, -0.2) is 32.2 Å². The van der Waals surface area contributed by atoms with E-state index in [4.69, 9.17) is 5.73 Å². The van der Waals surface area contributed by atoms with Gasteiger partial charge < -0.3 is 16.0 Å². The molecule has 1 fully saturated rings. The van der Waals surface area contributed by atoms with Crippen molar-refractivity contribution < 1.29 is 0 Å². The number of nitrogens with one attached hydrogen (secondary N) is 1. The molecule has 0 bridgehead atoms. The van der Waals surface area contributed by atoms with E-state index < -0.39 is 0 Å². The summed E-state index contributed by atoms with van der Waals surface area (Å²) in [4.78, 5) is 2.38. The fourth-order valence-corrected chi connectivity index (χ4v) is 1.86. The van der Waals surface area contributed by atoms with Crippen LogP contribution >= 0.6 is 0 Å². The molecular formula is C11H17N3. The third-order valence-corrected chi connectivity index (χ3v) is 2.66. The number of hydrogen-bond donors (Lipinski definition) is 2. The Kier molecular flexibility index (Phi) is 3.01. The Balaban J connectivity index is 2.04. The Labute approximate surface area is 84.9 Å². The lowest BCUT2D eigenvalue weighted by molar-refractivity contribution is 0.463. The average Bonchev–Trinajstić information content (AvgIpc) is 2.30. The Hall–Kier alpha value is -1.06. The molecule has 0 aliphatic carbocycles. The van der Waals surface area contributed by atoms with E-state index >= 15 is 0 Å². The second-order valence-corrected chi connectivity index (χ2v) is 3.67. The standard InChI is InChI=1S/C11H17N3/c12-8-10-9-14(7-6-13-10)11-4-2-1-3-5-11/h1-5,10,13H,6-9,12H2. The Morgan fingerprint density at radius 3 is 2.86 bits per heavy atom. The highest BCUT2D eigenvalue weighted by molar-refractivity contribution is 5.46. The van der Waals surface area contributed by atoms with Crippen LogP contribution in [-0.2, 0) is 0 Å². The summed E-state index contributed by atoms with van der Waals surface area (Å²) < 4.78 is 0. The number of rotatable bonds is 2. The Morgan fingerprint density at radius 1 is 1.36 bits per heavy atom. The first kappa shape index (κ1) is 9.49. The highest BCUT2D eigenvalue weighted by Crippen LogP contribution is 2.14. The Morgan fingerprint density at radius 2 is 2.14 bits per heavy atom. The van der Waals surface area contributed by atoms with Gasteiger partial charge in [-0.1, -0.05) is 18.2 Å². The van der Waals surface area contributed by atoms with Crippen LogP contribution in [0.5, 0.6) is 0 Å². The average molecular weight is 191 g/mol. The van der Waals surface area contributed by atoms with Gasteiger partial charge in [-0.05, 0) is 12.1 Å². The quantitative estimate of drug-likeness (QED) is 0.712. The SMILES string of the molecule is NCC1CN(c2ccccc2)CCN1. The third-order valence-electron chi connectivity index (χ3n) is 2.66. The zero-order valence-electron chi connectivity index (χ0n) is 8.32. The normalized spacial score (nSPS) is 22.4. The van der Waals surface area contributed by atoms with Crippen molar-refractivity contribution >= 4 is 5.69 Å². The molecule has 76 valence electrons. The van der Waals surface area contributed by atoms with Gasteiger partial charge in [0.2, 0.25) is 0 Å². The van der Waals surface area contributed by atoms with E-state index in [0.717, 1.165) is 19.6 Å². The maximum atomic E-state index is 5.65. The molecule has 3 heteroatoms. The summed E-state index contributed by atoms with van der Waals surface area (Å²) in [5, 5.41) is 3.40. The van der Waals surface area contributed by atoms with Gasteiger partial charge in [-0.15, -0.1) is 0 Å². The van der Waals surface area contributed by atoms with Gasteiger partial charge in [0, 0.05) is 37.9 Å². The molecule has 1 saturated heterocycles. The molecule has 1 unspecified atom stereocenters. The van der Waals surface area contributed by atoms with Crippen LogP contribution < -0.4 is 16.0 Å². The van der Waals surface area contributed by atoms with E-state index in [1.807, 2.05) is 6.07 Å². The molecular weight excluding hydrogens is 174 g/mol. The predicted molar refractivity (Wildman–Crippen MR) is 59.5 cm³/mol. The minimum atomic E-state index is 0.434. The summed E-state index contributed by atoms with van der Waals surface area (Å²) in [5.41, 5.74) is 6.95. The smallest absolute Gasteiger partial charge is 0.0367 e. The van der Waals surface area contributed by atoms with Gasteiger partial charge in [0.1, 0.15) is 0 Å². The molecule has 0 aromatic heterocycles. The van der Waals surface area contributed by atoms with Crippen molar-refractivity contribution in [2.24, 2.45) is 5.73 Å². The van der Waals surface area contributed by atoms with Crippen LogP contribution in [0.15, 0.2) is 30.3 Å². The number of anilines is 1. The molecule has 3 nitrogen and oxygen atoms in total. The van der Waals surface area contributed by atoms with Crippen LogP contribution in [0.2, 0.25) is 0 Å². The number of nitrogens with two attached hydrogens (primary N) is 1. The molecule has 1 aliphatic rings. The van der Waals surface area contributed by atoms with Crippen LogP contribution in [0.4, 0.5) is 5.69 Å². The molecule has 14 heavy (non-hydrogen) atoms. The van der Waals surface area contributed by atoms with Gasteiger partial charge in [0.25, 0.3) is 0 Å². The van der Waals surface area contributed by atoms with Crippen molar-refractivity contribution in [3.63, 3.8) is 0 Å². The lowest BCUT2D eigenvalue weighted by Gasteiger charge is -2.34. The molecule has 1 atom stereocenters. The summed E-state index contributed by atoms with van der Waals surface area (Å²) in [6, 6.07) is 10.9. The molecule has 0 saturated carbocycles. The first-order valence-corrected chi connectivity index (χ1v) is 5.13. The maximum absolute atomic E-state index is 5.65. The number of piperazine rings is 1. The molecule has 2 rings (SSSR count). The predicted octanol–water partition coefficient (Wildman–Crippen LogP) is 0.423. The van der Waals surface area contributed by atoms with Crippen LogP contribution in [0.3, 0.4) is 0 Å². The topological polar surface area (TPSA) is 41.3 Å². The van der Waals surface area contributed by atoms with Gasteiger partial charge in [0.05, 0.1) is 0 Å². The van der Waals surface area contributed by atoms with E-state index in [9.17, 15) is 0 Å². The molecule has 0 spiro atoms. The lowest BCUT2D eigenvalue weighted by atomic mass is 10.2. The monoisotopic (exact) mass is 191 g/mol. The first-order chi connectivity index (χ1) is 6.90. The van der Waals surface area contributed by atoms with E-state index in [-0.39, 0.29) is 0 Å². The van der Waals surface area contributed by atoms with Crippen LogP contribution in [0, 0.1) is 0 Å². The van der Waals surface area contributed by atoms with Crippen molar-refractivity contribution in [3.05, 3.63) is 30.3 Å². The molecule has 1 aromatic rings. The van der Waals surface area contributed by atoms with E-state index in [0.29, 0.717) is 12.6 Å².